The zero-order chi connectivity index (χ0) is 16.5. The Kier molecular flexibility index (Phi) is 2.37. The van der Waals surface area contributed by atoms with E-state index in [1.165, 1.54) is 60.1 Å². The molecule has 116 valence electrons. The van der Waals surface area contributed by atoms with Crippen molar-refractivity contribution in [2.45, 2.75) is 6.92 Å². The second-order valence-electron chi connectivity index (χ2n) is 7.02. The van der Waals surface area contributed by atoms with Gasteiger partial charge >= 0.3 is 0 Å². The van der Waals surface area contributed by atoms with Crippen LogP contribution >= 0.6 is 0 Å². The molecule has 0 nitrogen and oxygen atoms in total. The first-order valence-corrected chi connectivity index (χ1v) is 8.80. The molecule has 0 fully saturated rings. The molecule has 25 heavy (non-hydrogen) atoms. The van der Waals surface area contributed by atoms with Gasteiger partial charge in [-0.15, -0.1) is 0 Å². The number of benzene rings is 5. The van der Waals surface area contributed by atoms with Crippen LogP contribution < -0.4 is 0 Å². The van der Waals surface area contributed by atoms with Crippen LogP contribution in [0.5, 0.6) is 0 Å². The molecule has 0 radical (unpaired) electrons. The maximum absolute atomic E-state index is 2.38. The highest BCUT2D eigenvalue weighted by Crippen LogP contribution is 2.52. The van der Waals surface area contributed by atoms with Gasteiger partial charge in [0.2, 0.25) is 0 Å². The van der Waals surface area contributed by atoms with Crippen LogP contribution in [0.2, 0.25) is 0 Å². The van der Waals surface area contributed by atoms with Crippen LogP contribution in [0.15, 0.2) is 78.9 Å². The fourth-order valence-corrected chi connectivity index (χ4v) is 4.62. The fraction of sp³-hybridized carbons (Fsp3) is 0.0400. The van der Waals surface area contributed by atoms with E-state index in [1.54, 1.807) is 0 Å². The molecule has 0 bridgehead atoms. The van der Waals surface area contributed by atoms with Crippen molar-refractivity contribution in [2.24, 2.45) is 0 Å². The minimum Gasteiger partial charge on any atom is -0.0616 e. The number of fused-ring (bicyclic) bond motifs is 6. The minimum absolute atomic E-state index is 1.31. The number of aryl methyl sites for hydroxylation is 1. The van der Waals surface area contributed by atoms with Crippen molar-refractivity contribution in [3.8, 4) is 22.3 Å². The van der Waals surface area contributed by atoms with Crippen LogP contribution in [-0.4, -0.2) is 0 Å². The molecule has 0 heterocycles. The maximum Gasteiger partial charge on any atom is -0.00139 e. The smallest absolute Gasteiger partial charge is 0.00139 e. The average molecular weight is 316 g/mol. The van der Waals surface area contributed by atoms with E-state index in [0.717, 1.165) is 0 Å². The lowest BCUT2D eigenvalue weighted by atomic mass is 9.91. The lowest BCUT2D eigenvalue weighted by molar-refractivity contribution is 1.59. The summed E-state index contributed by atoms with van der Waals surface area (Å²) in [7, 11) is 0. The van der Waals surface area contributed by atoms with Gasteiger partial charge in [0.1, 0.15) is 0 Å². The Morgan fingerprint density at radius 2 is 1.16 bits per heavy atom. The van der Waals surface area contributed by atoms with Crippen LogP contribution in [0.25, 0.3) is 54.6 Å². The van der Waals surface area contributed by atoms with Gasteiger partial charge in [0.25, 0.3) is 0 Å². The summed E-state index contributed by atoms with van der Waals surface area (Å²) in [6.45, 7) is 2.25. The third kappa shape index (κ3) is 1.57. The normalized spacial score (nSPS) is 12.2. The Balaban J connectivity index is 1.92. The largest absolute Gasteiger partial charge is 0.0616 e. The monoisotopic (exact) mass is 316 g/mol. The van der Waals surface area contributed by atoms with E-state index >= 15 is 0 Å². The van der Waals surface area contributed by atoms with Crippen molar-refractivity contribution >= 4 is 32.3 Å². The fourth-order valence-electron chi connectivity index (χ4n) is 4.62. The van der Waals surface area contributed by atoms with Gasteiger partial charge in [-0.05, 0) is 79.2 Å². The second kappa shape index (κ2) is 4.49. The lowest BCUT2D eigenvalue weighted by Gasteiger charge is -2.12. The molecule has 0 amide bonds. The van der Waals surface area contributed by atoms with Crippen LogP contribution in [-0.2, 0) is 0 Å². The molecular formula is C25H16. The van der Waals surface area contributed by atoms with Crippen LogP contribution in [0.3, 0.4) is 0 Å². The quantitative estimate of drug-likeness (QED) is 0.262. The zero-order valence-corrected chi connectivity index (χ0v) is 14.0. The Morgan fingerprint density at radius 1 is 0.520 bits per heavy atom. The maximum atomic E-state index is 2.38. The van der Waals surface area contributed by atoms with E-state index in [-0.39, 0.29) is 0 Å². The second-order valence-corrected chi connectivity index (χ2v) is 7.02. The SMILES string of the molecule is Cc1c2ccccc2c2c3c(cccc13)-c1cc3ccccc3cc1-2. The Hall–Kier alpha value is -3.12. The molecule has 0 saturated carbocycles. The van der Waals surface area contributed by atoms with Gasteiger partial charge in [-0.1, -0.05) is 66.7 Å². The molecule has 5 aromatic carbocycles. The van der Waals surface area contributed by atoms with Crippen molar-refractivity contribution in [1.82, 2.24) is 0 Å². The highest BCUT2D eigenvalue weighted by Gasteiger charge is 2.25. The molecule has 0 unspecified atom stereocenters. The number of hydrogen-bond donors (Lipinski definition) is 0. The molecule has 0 aromatic heterocycles. The van der Waals surface area contributed by atoms with Gasteiger partial charge in [-0.2, -0.15) is 0 Å². The molecule has 0 heteroatoms. The first kappa shape index (κ1) is 13.2. The highest BCUT2D eigenvalue weighted by molar-refractivity contribution is 6.26. The first-order chi connectivity index (χ1) is 12.3. The first-order valence-electron chi connectivity index (χ1n) is 8.80. The van der Waals surface area contributed by atoms with E-state index < -0.39 is 0 Å². The predicted molar refractivity (Wildman–Crippen MR) is 108 cm³/mol. The van der Waals surface area contributed by atoms with Crippen molar-refractivity contribution in [3.05, 3.63) is 84.4 Å². The van der Waals surface area contributed by atoms with Crippen molar-refractivity contribution in [2.75, 3.05) is 0 Å². The van der Waals surface area contributed by atoms with Gasteiger partial charge in [-0.3, -0.25) is 0 Å². The zero-order valence-electron chi connectivity index (χ0n) is 14.0. The molecule has 0 spiro atoms. The molecule has 1 aliphatic rings. The van der Waals surface area contributed by atoms with Gasteiger partial charge in [0, 0.05) is 0 Å². The summed E-state index contributed by atoms with van der Waals surface area (Å²) in [6, 6.07) is 29.0. The summed E-state index contributed by atoms with van der Waals surface area (Å²) >= 11 is 0. The molecule has 0 N–H and O–H groups in total. The van der Waals surface area contributed by atoms with Crippen molar-refractivity contribution < 1.29 is 0 Å². The van der Waals surface area contributed by atoms with E-state index in [1.807, 2.05) is 0 Å². The van der Waals surface area contributed by atoms with E-state index in [9.17, 15) is 0 Å². The van der Waals surface area contributed by atoms with Gasteiger partial charge in [-0.25, -0.2) is 0 Å². The van der Waals surface area contributed by atoms with Crippen molar-refractivity contribution in [1.29, 1.82) is 0 Å². The molecule has 5 aromatic rings. The Bertz CT molecular complexity index is 1340. The van der Waals surface area contributed by atoms with E-state index in [2.05, 4.69) is 85.8 Å². The van der Waals surface area contributed by atoms with Crippen LogP contribution in [0, 0.1) is 6.92 Å². The predicted octanol–water partition coefficient (Wildman–Crippen LogP) is 7.10. The summed E-state index contributed by atoms with van der Waals surface area (Å²) in [6.07, 6.45) is 0. The molecule has 0 atom stereocenters. The standard InChI is InChI=1S/C25H16/c1-15-18-9-4-5-10-20(18)25-23-14-17-8-3-2-7-16(17)13-22(23)21-12-6-11-19(15)24(21)25/h2-14H,1H3. The minimum atomic E-state index is 1.31. The summed E-state index contributed by atoms with van der Waals surface area (Å²) < 4.78 is 0. The molecule has 1 aliphatic carbocycles. The third-order valence-corrected chi connectivity index (χ3v) is 5.76. The lowest BCUT2D eigenvalue weighted by Crippen LogP contribution is -1.86. The van der Waals surface area contributed by atoms with Crippen molar-refractivity contribution in [3.63, 3.8) is 0 Å². The average Bonchev–Trinajstić information content (AvgIpc) is 2.99. The summed E-state index contributed by atoms with van der Waals surface area (Å²) in [4.78, 5) is 0. The van der Waals surface area contributed by atoms with Gasteiger partial charge < -0.3 is 0 Å². The molecule has 0 aliphatic heterocycles. The van der Waals surface area contributed by atoms with Gasteiger partial charge in [0.15, 0.2) is 0 Å². The third-order valence-electron chi connectivity index (χ3n) is 5.76. The molecule has 6 rings (SSSR count). The summed E-state index contributed by atoms with van der Waals surface area (Å²) in [5, 5.41) is 8.16. The van der Waals surface area contributed by atoms with Crippen LogP contribution in [0.4, 0.5) is 0 Å². The van der Waals surface area contributed by atoms with Gasteiger partial charge in [0.05, 0.1) is 0 Å². The van der Waals surface area contributed by atoms with Crippen LogP contribution in [0.1, 0.15) is 5.56 Å². The highest BCUT2D eigenvalue weighted by atomic mass is 14.3. The molecular weight excluding hydrogens is 300 g/mol. The number of rotatable bonds is 0. The number of hydrogen-bond acceptors (Lipinski definition) is 0. The van der Waals surface area contributed by atoms with E-state index in [0.29, 0.717) is 0 Å². The topological polar surface area (TPSA) is 0 Å². The Labute approximate surface area is 146 Å². The summed E-state index contributed by atoms with van der Waals surface area (Å²) in [5.74, 6) is 0. The van der Waals surface area contributed by atoms with E-state index in [4.69, 9.17) is 0 Å². The summed E-state index contributed by atoms with van der Waals surface area (Å²) in [5.41, 5.74) is 6.92. The Morgan fingerprint density at radius 3 is 1.96 bits per heavy atom. The molecule has 0 saturated heterocycles.